The fourth-order valence-electron chi connectivity index (χ4n) is 2.13. The molecule has 0 radical (unpaired) electrons. The molecule has 1 heterocycles. The van der Waals surface area contributed by atoms with Gasteiger partial charge in [-0.15, -0.1) is 0 Å². The highest BCUT2D eigenvalue weighted by Crippen LogP contribution is 2.31. The molecule has 0 aliphatic rings. The van der Waals surface area contributed by atoms with Gasteiger partial charge in [0.15, 0.2) is 0 Å². The summed E-state index contributed by atoms with van der Waals surface area (Å²) in [4.78, 5) is 4.41. The molecule has 100 valence electrons. The van der Waals surface area contributed by atoms with Crippen molar-refractivity contribution in [2.45, 2.75) is 19.4 Å². The summed E-state index contributed by atoms with van der Waals surface area (Å²) in [6.07, 6.45) is 2.64. The predicted molar refractivity (Wildman–Crippen MR) is 77.6 cm³/mol. The summed E-state index contributed by atoms with van der Waals surface area (Å²) in [7, 11) is 1.62. The minimum Gasteiger partial charge on any atom is -0.496 e. The van der Waals surface area contributed by atoms with E-state index in [2.05, 4.69) is 11.9 Å². The molecule has 2 N–H and O–H groups in total. The van der Waals surface area contributed by atoms with Crippen LogP contribution in [0.3, 0.4) is 0 Å². The molecule has 1 aromatic heterocycles. The summed E-state index contributed by atoms with van der Waals surface area (Å²) < 4.78 is 5.35. The summed E-state index contributed by atoms with van der Waals surface area (Å²) in [6.45, 7) is 2.09. The molecule has 0 amide bonds. The smallest absolute Gasteiger partial charge is 0.124 e. The molecule has 0 aliphatic heterocycles. The maximum Gasteiger partial charge on any atom is 0.124 e. The molecule has 1 aromatic carbocycles. The minimum atomic E-state index is -0.343. The van der Waals surface area contributed by atoms with Crippen molar-refractivity contribution < 1.29 is 4.74 Å². The number of nitrogens with two attached hydrogens (primary N) is 1. The lowest BCUT2D eigenvalue weighted by Crippen LogP contribution is -2.16. The Morgan fingerprint density at radius 1 is 1.37 bits per heavy atom. The number of nitrogens with zero attached hydrogens (tertiary/aromatic N) is 1. The van der Waals surface area contributed by atoms with Gasteiger partial charge in [-0.05, 0) is 36.2 Å². The molecule has 0 aliphatic carbocycles. The third kappa shape index (κ3) is 2.88. The van der Waals surface area contributed by atoms with Crippen LogP contribution >= 0.6 is 11.6 Å². The Hall–Kier alpha value is -1.58. The molecule has 2 rings (SSSR count). The van der Waals surface area contributed by atoms with E-state index in [1.807, 2.05) is 24.3 Å². The van der Waals surface area contributed by atoms with Gasteiger partial charge in [0.25, 0.3) is 0 Å². The second-order valence-corrected chi connectivity index (χ2v) is 4.70. The Morgan fingerprint density at radius 3 is 2.84 bits per heavy atom. The number of ether oxygens (including phenoxy) is 1. The van der Waals surface area contributed by atoms with Crippen molar-refractivity contribution in [3.8, 4) is 5.75 Å². The SMILES string of the molecule is CCc1cccnc1C(N)c1cc(Cl)ccc1OC. The molecule has 0 spiro atoms. The summed E-state index contributed by atoms with van der Waals surface area (Å²) in [6, 6.07) is 9.06. The van der Waals surface area contributed by atoms with E-state index in [1.54, 1.807) is 19.4 Å². The van der Waals surface area contributed by atoms with Crippen molar-refractivity contribution in [3.63, 3.8) is 0 Å². The van der Waals surface area contributed by atoms with Crippen LogP contribution in [0.2, 0.25) is 5.02 Å². The first-order valence-corrected chi connectivity index (χ1v) is 6.58. The van der Waals surface area contributed by atoms with E-state index in [-0.39, 0.29) is 6.04 Å². The third-order valence-electron chi connectivity index (χ3n) is 3.13. The topological polar surface area (TPSA) is 48.1 Å². The van der Waals surface area contributed by atoms with Crippen LogP contribution in [0.25, 0.3) is 0 Å². The van der Waals surface area contributed by atoms with Crippen LogP contribution in [0.5, 0.6) is 5.75 Å². The molecule has 3 nitrogen and oxygen atoms in total. The van der Waals surface area contributed by atoms with Gasteiger partial charge in [0.05, 0.1) is 18.8 Å². The van der Waals surface area contributed by atoms with Crippen LogP contribution in [0.1, 0.15) is 29.8 Å². The van der Waals surface area contributed by atoms with Gasteiger partial charge in [0, 0.05) is 16.8 Å². The van der Waals surface area contributed by atoms with Gasteiger partial charge in [0.2, 0.25) is 0 Å². The average Bonchev–Trinajstić information content (AvgIpc) is 2.46. The zero-order valence-corrected chi connectivity index (χ0v) is 11.8. The van der Waals surface area contributed by atoms with Crippen LogP contribution in [-0.2, 0) is 6.42 Å². The number of halogens is 1. The number of rotatable bonds is 4. The molecule has 0 fully saturated rings. The number of methoxy groups -OCH3 is 1. The number of benzene rings is 1. The van der Waals surface area contributed by atoms with Gasteiger partial charge in [0.1, 0.15) is 5.75 Å². The molecule has 1 unspecified atom stereocenters. The zero-order valence-electron chi connectivity index (χ0n) is 11.1. The highest BCUT2D eigenvalue weighted by Gasteiger charge is 2.18. The summed E-state index contributed by atoms with van der Waals surface area (Å²) in [5.74, 6) is 0.726. The van der Waals surface area contributed by atoms with Crippen molar-refractivity contribution in [2.75, 3.05) is 7.11 Å². The van der Waals surface area contributed by atoms with E-state index in [0.717, 1.165) is 29.0 Å². The summed E-state index contributed by atoms with van der Waals surface area (Å²) in [5.41, 5.74) is 9.19. The normalized spacial score (nSPS) is 12.2. The molecule has 4 heteroatoms. The van der Waals surface area contributed by atoms with Crippen LogP contribution in [0, 0.1) is 0 Å². The Morgan fingerprint density at radius 2 is 2.16 bits per heavy atom. The van der Waals surface area contributed by atoms with Gasteiger partial charge >= 0.3 is 0 Å². The van der Waals surface area contributed by atoms with Crippen LogP contribution in [0.4, 0.5) is 0 Å². The van der Waals surface area contributed by atoms with Gasteiger partial charge < -0.3 is 10.5 Å². The lowest BCUT2D eigenvalue weighted by atomic mass is 9.98. The number of hydrogen-bond acceptors (Lipinski definition) is 3. The van der Waals surface area contributed by atoms with Crippen molar-refractivity contribution in [2.24, 2.45) is 5.73 Å². The molecule has 0 bridgehead atoms. The van der Waals surface area contributed by atoms with Crippen molar-refractivity contribution in [3.05, 3.63) is 58.4 Å². The first-order chi connectivity index (χ1) is 9.17. The summed E-state index contributed by atoms with van der Waals surface area (Å²) >= 11 is 6.05. The highest BCUT2D eigenvalue weighted by atomic mass is 35.5. The quantitative estimate of drug-likeness (QED) is 0.931. The summed E-state index contributed by atoms with van der Waals surface area (Å²) in [5, 5.41) is 0.639. The molecule has 2 aromatic rings. The molecule has 19 heavy (non-hydrogen) atoms. The van der Waals surface area contributed by atoms with Crippen LogP contribution in [-0.4, -0.2) is 12.1 Å². The monoisotopic (exact) mass is 276 g/mol. The standard InChI is InChI=1S/C15H17ClN2O/c1-3-10-5-4-8-18-15(10)14(17)12-9-11(16)6-7-13(12)19-2/h4-9,14H,3,17H2,1-2H3. The minimum absolute atomic E-state index is 0.343. The third-order valence-corrected chi connectivity index (χ3v) is 3.36. The maximum atomic E-state index is 6.34. The molecular formula is C15H17ClN2O. The second-order valence-electron chi connectivity index (χ2n) is 4.27. The van der Waals surface area contributed by atoms with Crippen molar-refractivity contribution in [1.29, 1.82) is 0 Å². The van der Waals surface area contributed by atoms with Gasteiger partial charge in [-0.1, -0.05) is 24.6 Å². The Kier molecular flexibility index (Phi) is 4.40. The highest BCUT2D eigenvalue weighted by molar-refractivity contribution is 6.30. The van der Waals surface area contributed by atoms with Gasteiger partial charge in [-0.25, -0.2) is 0 Å². The van der Waals surface area contributed by atoms with Crippen molar-refractivity contribution in [1.82, 2.24) is 4.98 Å². The molecular weight excluding hydrogens is 260 g/mol. The molecule has 0 saturated carbocycles. The van der Waals surface area contributed by atoms with E-state index < -0.39 is 0 Å². The predicted octanol–water partition coefficient (Wildman–Crippen LogP) is 3.35. The maximum absolute atomic E-state index is 6.34. The first kappa shape index (κ1) is 13.8. The fourth-order valence-corrected chi connectivity index (χ4v) is 2.31. The Bertz CT molecular complexity index is 572. The van der Waals surface area contributed by atoms with Crippen LogP contribution in [0.15, 0.2) is 36.5 Å². The van der Waals surface area contributed by atoms with E-state index in [0.29, 0.717) is 5.02 Å². The van der Waals surface area contributed by atoms with Crippen LogP contribution < -0.4 is 10.5 Å². The van der Waals surface area contributed by atoms with E-state index in [9.17, 15) is 0 Å². The van der Waals surface area contributed by atoms with E-state index in [4.69, 9.17) is 22.1 Å². The second kappa shape index (κ2) is 6.04. The number of pyridine rings is 1. The largest absolute Gasteiger partial charge is 0.496 e. The number of hydrogen-bond donors (Lipinski definition) is 1. The van der Waals surface area contributed by atoms with E-state index in [1.165, 1.54) is 0 Å². The lowest BCUT2D eigenvalue weighted by molar-refractivity contribution is 0.407. The Balaban J connectivity index is 2.49. The van der Waals surface area contributed by atoms with E-state index >= 15 is 0 Å². The average molecular weight is 277 g/mol. The zero-order chi connectivity index (χ0) is 13.8. The number of aromatic nitrogens is 1. The van der Waals surface area contributed by atoms with Crippen molar-refractivity contribution >= 4 is 11.6 Å². The fraction of sp³-hybridized carbons (Fsp3) is 0.267. The molecule has 0 saturated heterocycles. The first-order valence-electron chi connectivity index (χ1n) is 6.20. The number of aryl methyl sites for hydroxylation is 1. The Labute approximate surface area is 118 Å². The van der Waals surface area contributed by atoms with Gasteiger partial charge in [-0.3, -0.25) is 4.98 Å². The molecule has 1 atom stereocenters. The lowest BCUT2D eigenvalue weighted by Gasteiger charge is -2.18. The van der Waals surface area contributed by atoms with Gasteiger partial charge in [-0.2, -0.15) is 0 Å².